The maximum absolute atomic E-state index is 14.1. The van der Waals surface area contributed by atoms with E-state index < -0.39 is 17.7 Å². The van der Waals surface area contributed by atoms with Crippen molar-refractivity contribution in [3.63, 3.8) is 0 Å². The van der Waals surface area contributed by atoms with Crippen LogP contribution in [0.5, 0.6) is 0 Å². The summed E-state index contributed by atoms with van der Waals surface area (Å²) < 4.78 is 15.7. The second-order valence-corrected chi connectivity index (χ2v) is 9.87. The van der Waals surface area contributed by atoms with Crippen LogP contribution in [0.15, 0.2) is 30.9 Å². The van der Waals surface area contributed by atoms with Crippen LogP contribution in [0, 0.1) is 5.92 Å². The lowest BCUT2D eigenvalue weighted by Crippen LogP contribution is -2.63. The van der Waals surface area contributed by atoms with E-state index >= 15 is 0 Å². The summed E-state index contributed by atoms with van der Waals surface area (Å²) in [6, 6.07) is 1.81. The predicted octanol–water partition coefficient (Wildman–Crippen LogP) is 3.25. The summed E-state index contributed by atoms with van der Waals surface area (Å²) in [4.78, 5) is 21.7. The highest BCUT2D eigenvalue weighted by atomic mass is 35.5. The number of halogens is 2. The number of hydrogen-bond donors (Lipinski definition) is 3. The Bertz CT molecular complexity index is 1190. The minimum Gasteiger partial charge on any atom is -0.387 e. The maximum atomic E-state index is 14.1. The fraction of sp³-hybridized carbons (Fsp3) is 0.455. The Morgan fingerprint density at radius 2 is 2.09 bits per heavy atom. The number of nitrogens with zero attached hydrogens (tertiary/aromatic N) is 4. The molecule has 10 heteroatoms. The fourth-order valence-electron chi connectivity index (χ4n) is 4.36. The predicted molar refractivity (Wildman–Crippen MR) is 118 cm³/mol. The summed E-state index contributed by atoms with van der Waals surface area (Å²) >= 11 is 6.00. The number of fused-ring (bicyclic) bond motifs is 1. The Balaban J connectivity index is 1.46. The zero-order valence-electron chi connectivity index (χ0n) is 17.8. The van der Waals surface area contributed by atoms with Crippen molar-refractivity contribution < 1.29 is 14.3 Å². The van der Waals surface area contributed by atoms with Crippen LogP contribution in [0.2, 0.25) is 5.02 Å². The van der Waals surface area contributed by atoms with E-state index in [0.717, 1.165) is 25.2 Å². The number of amides is 1. The third-order valence-electron chi connectivity index (χ3n) is 6.40. The van der Waals surface area contributed by atoms with E-state index in [1.165, 1.54) is 20.0 Å². The molecule has 0 saturated heterocycles. The number of rotatable bonds is 7. The third kappa shape index (κ3) is 3.69. The molecule has 3 aliphatic rings. The molecule has 32 heavy (non-hydrogen) atoms. The first-order chi connectivity index (χ1) is 15.1. The maximum Gasteiger partial charge on any atom is 0.255 e. The average molecular weight is 459 g/mol. The molecule has 3 aromatic rings. The molecule has 168 valence electrons. The van der Waals surface area contributed by atoms with Gasteiger partial charge in [0, 0.05) is 17.9 Å². The quantitative estimate of drug-likeness (QED) is 0.502. The molecule has 1 atom stereocenters. The first-order valence-electron chi connectivity index (χ1n) is 10.6. The lowest BCUT2D eigenvalue weighted by molar-refractivity contribution is -0.00179. The van der Waals surface area contributed by atoms with Crippen molar-refractivity contribution >= 4 is 28.8 Å². The van der Waals surface area contributed by atoms with Gasteiger partial charge in [-0.15, -0.1) is 0 Å². The SMILES string of the molecule is CC(C)(O)[C@H](F)CNC(=O)c1cnc(-c2cnn3cc(Cl)cnc23)cc1NC12CC(C1)C2. The molecule has 3 aliphatic carbocycles. The Labute approximate surface area is 189 Å². The Kier molecular flexibility index (Phi) is 4.86. The number of aliphatic hydroxyl groups is 1. The van der Waals surface area contributed by atoms with Crippen LogP contribution >= 0.6 is 11.6 Å². The molecule has 2 bridgehead atoms. The molecule has 3 heterocycles. The van der Waals surface area contributed by atoms with Crippen LogP contribution in [-0.2, 0) is 0 Å². The van der Waals surface area contributed by atoms with Gasteiger partial charge in [0.2, 0.25) is 0 Å². The normalized spacial score (nSPS) is 22.7. The Hall–Kier alpha value is -2.78. The number of hydrogen-bond acceptors (Lipinski definition) is 6. The van der Waals surface area contributed by atoms with E-state index in [2.05, 4.69) is 25.7 Å². The van der Waals surface area contributed by atoms with E-state index in [1.54, 1.807) is 23.1 Å². The van der Waals surface area contributed by atoms with Crippen LogP contribution in [0.4, 0.5) is 10.1 Å². The molecule has 0 aliphatic heterocycles. The van der Waals surface area contributed by atoms with E-state index in [-0.39, 0.29) is 12.1 Å². The summed E-state index contributed by atoms with van der Waals surface area (Å²) in [6.07, 6.45) is 7.98. The van der Waals surface area contributed by atoms with Gasteiger partial charge >= 0.3 is 0 Å². The van der Waals surface area contributed by atoms with E-state index in [0.29, 0.717) is 33.2 Å². The summed E-state index contributed by atoms with van der Waals surface area (Å²) in [5.74, 6) is 0.309. The highest BCUT2D eigenvalue weighted by molar-refractivity contribution is 6.30. The van der Waals surface area contributed by atoms with Crippen molar-refractivity contribution in [3.05, 3.63) is 41.4 Å². The summed E-state index contributed by atoms with van der Waals surface area (Å²) in [5.41, 5.74) is 1.36. The molecule has 3 saturated carbocycles. The van der Waals surface area contributed by atoms with Crippen molar-refractivity contribution in [1.82, 2.24) is 24.9 Å². The number of pyridine rings is 1. The van der Waals surface area contributed by atoms with Crippen LogP contribution < -0.4 is 10.6 Å². The largest absolute Gasteiger partial charge is 0.387 e. The van der Waals surface area contributed by atoms with Crippen molar-refractivity contribution in [2.45, 2.75) is 50.4 Å². The van der Waals surface area contributed by atoms with Crippen LogP contribution in [0.3, 0.4) is 0 Å². The number of nitrogens with one attached hydrogen (secondary N) is 2. The van der Waals surface area contributed by atoms with Crippen LogP contribution in [0.1, 0.15) is 43.5 Å². The first-order valence-corrected chi connectivity index (χ1v) is 10.9. The zero-order chi connectivity index (χ0) is 22.7. The van der Waals surface area contributed by atoms with Crippen LogP contribution in [-0.4, -0.2) is 54.5 Å². The summed E-state index contributed by atoms with van der Waals surface area (Å²) in [6.45, 7) is 2.44. The lowest BCUT2D eigenvalue weighted by atomic mass is 9.50. The monoisotopic (exact) mass is 458 g/mol. The molecule has 0 radical (unpaired) electrons. The van der Waals surface area contributed by atoms with Gasteiger partial charge in [0.05, 0.1) is 52.1 Å². The Morgan fingerprint density at radius 1 is 1.34 bits per heavy atom. The van der Waals surface area contributed by atoms with Crippen molar-refractivity contribution in [3.8, 4) is 11.3 Å². The van der Waals surface area contributed by atoms with Crippen molar-refractivity contribution in [2.24, 2.45) is 5.92 Å². The van der Waals surface area contributed by atoms with E-state index in [4.69, 9.17) is 11.6 Å². The lowest BCUT2D eigenvalue weighted by Gasteiger charge is -2.62. The number of alkyl halides is 1. The second-order valence-electron chi connectivity index (χ2n) is 9.43. The average Bonchev–Trinajstić information content (AvgIpc) is 3.09. The highest BCUT2D eigenvalue weighted by Crippen LogP contribution is 2.58. The van der Waals surface area contributed by atoms with Gasteiger partial charge in [0.1, 0.15) is 6.17 Å². The molecule has 0 unspecified atom stereocenters. The van der Waals surface area contributed by atoms with Gasteiger partial charge in [-0.25, -0.2) is 13.9 Å². The molecule has 0 spiro atoms. The topological polar surface area (TPSA) is 104 Å². The fourth-order valence-corrected chi connectivity index (χ4v) is 4.51. The van der Waals surface area contributed by atoms with Gasteiger partial charge in [-0.3, -0.25) is 9.78 Å². The minimum atomic E-state index is -1.59. The Morgan fingerprint density at radius 3 is 2.75 bits per heavy atom. The van der Waals surface area contributed by atoms with Crippen molar-refractivity contribution in [1.29, 1.82) is 0 Å². The number of aromatic nitrogens is 4. The molecular weight excluding hydrogens is 435 g/mol. The molecule has 8 nitrogen and oxygen atoms in total. The van der Waals surface area contributed by atoms with Gasteiger partial charge in [-0.1, -0.05) is 11.6 Å². The smallest absolute Gasteiger partial charge is 0.255 e. The number of carbonyl (C=O) groups excluding carboxylic acids is 1. The van der Waals surface area contributed by atoms with Gasteiger partial charge in [-0.2, -0.15) is 5.10 Å². The van der Waals surface area contributed by atoms with Gasteiger partial charge in [0.15, 0.2) is 5.65 Å². The molecular formula is C22H24ClFN6O2. The third-order valence-corrected chi connectivity index (χ3v) is 6.59. The van der Waals surface area contributed by atoms with Crippen molar-refractivity contribution in [2.75, 3.05) is 11.9 Å². The molecule has 6 rings (SSSR count). The first kappa shape index (κ1) is 21.1. The second kappa shape index (κ2) is 7.38. The summed E-state index contributed by atoms with van der Waals surface area (Å²) in [7, 11) is 0. The minimum absolute atomic E-state index is 0.0148. The van der Waals surface area contributed by atoms with Gasteiger partial charge in [0.25, 0.3) is 5.91 Å². The van der Waals surface area contributed by atoms with E-state index in [1.807, 2.05) is 6.07 Å². The van der Waals surface area contributed by atoms with Crippen LogP contribution in [0.25, 0.3) is 16.9 Å². The highest BCUT2D eigenvalue weighted by Gasteiger charge is 2.56. The van der Waals surface area contributed by atoms with Gasteiger partial charge in [-0.05, 0) is 45.1 Å². The van der Waals surface area contributed by atoms with Gasteiger partial charge < -0.3 is 15.7 Å². The van der Waals surface area contributed by atoms with E-state index in [9.17, 15) is 14.3 Å². The molecule has 3 fully saturated rings. The molecule has 3 N–H and O–H groups in total. The standard InChI is InChI=1S/C22H24ClFN6O2/c1-21(2,32)18(24)10-27-20(31)15-8-25-16(3-17(15)29-22-4-12(5-22)6-22)14-9-28-30-11-13(23)7-26-19(14)30/h3,7-9,11-12,18,32H,4-6,10H2,1-2H3,(H,25,29)(H,27,31)/t12?,18-,22?/m1/s1. The zero-order valence-corrected chi connectivity index (χ0v) is 18.5. The molecule has 3 aromatic heterocycles. The number of anilines is 1. The summed E-state index contributed by atoms with van der Waals surface area (Å²) in [5, 5.41) is 20.7. The molecule has 0 aromatic carbocycles. The number of carbonyl (C=O) groups is 1. The molecule has 1 amide bonds.